The third kappa shape index (κ3) is 6.66. The number of carbonyl (C=O) groups is 1. The first-order valence-corrected chi connectivity index (χ1v) is 10.4. The van der Waals surface area contributed by atoms with Gasteiger partial charge in [-0.05, 0) is 43.0 Å². The molecule has 140 valence electrons. The smallest absolute Gasteiger partial charge is 0.258 e. The number of amides is 1. The zero-order chi connectivity index (χ0) is 18.3. The molecule has 0 aromatic heterocycles. The van der Waals surface area contributed by atoms with Crippen molar-refractivity contribution in [3.8, 4) is 5.75 Å². The van der Waals surface area contributed by atoms with Crippen molar-refractivity contribution < 1.29 is 17.9 Å². The Morgan fingerprint density at radius 1 is 1.16 bits per heavy atom. The van der Waals surface area contributed by atoms with Crippen LogP contribution in [0, 0.1) is 5.92 Å². The Labute approximate surface area is 150 Å². The van der Waals surface area contributed by atoms with E-state index in [1.54, 1.807) is 12.1 Å². The second-order valence-electron chi connectivity index (χ2n) is 6.91. The SMILES string of the molecule is CC(C)CNS(=O)(=O)c1ccc(OCC(=O)NC2CCCCC2)cc1. The van der Waals surface area contributed by atoms with Crippen LogP contribution in [0.2, 0.25) is 0 Å². The third-order valence-corrected chi connectivity index (χ3v) is 5.60. The first-order chi connectivity index (χ1) is 11.9. The van der Waals surface area contributed by atoms with Crippen LogP contribution in [-0.4, -0.2) is 33.5 Å². The predicted octanol–water partition coefficient (Wildman–Crippen LogP) is 2.45. The monoisotopic (exact) mass is 368 g/mol. The normalized spacial score (nSPS) is 16.0. The van der Waals surface area contributed by atoms with Gasteiger partial charge in [-0.2, -0.15) is 0 Å². The Hall–Kier alpha value is -1.60. The van der Waals surface area contributed by atoms with Gasteiger partial charge in [0.25, 0.3) is 5.91 Å². The van der Waals surface area contributed by atoms with Crippen molar-refractivity contribution in [3.05, 3.63) is 24.3 Å². The zero-order valence-corrected chi connectivity index (χ0v) is 15.8. The average Bonchev–Trinajstić information content (AvgIpc) is 2.59. The number of carbonyl (C=O) groups excluding carboxylic acids is 1. The van der Waals surface area contributed by atoms with Gasteiger partial charge in [0, 0.05) is 12.6 Å². The molecule has 2 rings (SSSR count). The molecule has 1 fully saturated rings. The van der Waals surface area contributed by atoms with Gasteiger partial charge in [0.1, 0.15) is 5.75 Å². The molecule has 1 saturated carbocycles. The number of sulfonamides is 1. The van der Waals surface area contributed by atoms with E-state index >= 15 is 0 Å². The van der Waals surface area contributed by atoms with Crippen molar-refractivity contribution >= 4 is 15.9 Å². The summed E-state index contributed by atoms with van der Waals surface area (Å²) < 4.78 is 32.2. The van der Waals surface area contributed by atoms with Crippen molar-refractivity contribution in [2.24, 2.45) is 5.92 Å². The summed E-state index contributed by atoms with van der Waals surface area (Å²) in [5.74, 6) is 0.573. The van der Waals surface area contributed by atoms with Gasteiger partial charge in [-0.1, -0.05) is 33.1 Å². The Morgan fingerprint density at radius 3 is 2.40 bits per heavy atom. The van der Waals surface area contributed by atoms with Crippen LogP contribution in [-0.2, 0) is 14.8 Å². The molecule has 25 heavy (non-hydrogen) atoms. The van der Waals surface area contributed by atoms with E-state index in [-0.39, 0.29) is 29.4 Å². The van der Waals surface area contributed by atoms with Crippen LogP contribution in [0.1, 0.15) is 46.0 Å². The average molecular weight is 368 g/mol. The molecule has 0 bridgehead atoms. The molecular weight excluding hydrogens is 340 g/mol. The summed E-state index contributed by atoms with van der Waals surface area (Å²) in [6.45, 7) is 4.21. The van der Waals surface area contributed by atoms with E-state index in [1.165, 1.54) is 18.6 Å². The minimum absolute atomic E-state index is 0.0613. The minimum atomic E-state index is -3.51. The number of hydrogen-bond donors (Lipinski definition) is 2. The predicted molar refractivity (Wildman–Crippen MR) is 97.0 cm³/mol. The number of hydrogen-bond acceptors (Lipinski definition) is 4. The van der Waals surface area contributed by atoms with E-state index in [2.05, 4.69) is 10.0 Å². The Balaban J connectivity index is 1.82. The van der Waals surface area contributed by atoms with Crippen LogP contribution in [0.4, 0.5) is 0 Å². The summed E-state index contributed by atoms with van der Waals surface area (Å²) in [4.78, 5) is 12.1. The summed E-state index contributed by atoms with van der Waals surface area (Å²) in [5.41, 5.74) is 0. The van der Waals surface area contributed by atoms with E-state index in [9.17, 15) is 13.2 Å². The first kappa shape index (κ1) is 19.7. The van der Waals surface area contributed by atoms with E-state index in [4.69, 9.17) is 4.74 Å². The minimum Gasteiger partial charge on any atom is -0.484 e. The molecule has 0 aliphatic heterocycles. The molecule has 7 heteroatoms. The lowest BCUT2D eigenvalue weighted by Crippen LogP contribution is -2.38. The third-order valence-electron chi connectivity index (χ3n) is 4.16. The van der Waals surface area contributed by atoms with Gasteiger partial charge in [0.05, 0.1) is 4.90 Å². The first-order valence-electron chi connectivity index (χ1n) is 8.89. The summed E-state index contributed by atoms with van der Waals surface area (Å²) in [6.07, 6.45) is 5.62. The van der Waals surface area contributed by atoms with Crippen LogP contribution >= 0.6 is 0 Å². The van der Waals surface area contributed by atoms with Gasteiger partial charge in [0.15, 0.2) is 6.61 Å². The van der Waals surface area contributed by atoms with E-state index < -0.39 is 10.0 Å². The Kier molecular flexibility index (Phi) is 7.25. The fourth-order valence-corrected chi connectivity index (χ4v) is 3.95. The second kappa shape index (κ2) is 9.20. The maximum atomic E-state index is 12.1. The van der Waals surface area contributed by atoms with Crippen LogP contribution in [0.5, 0.6) is 5.75 Å². The summed E-state index contributed by atoms with van der Waals surface area (Å²) in [6, 6.07) is 6.35. The second-order valence-corrected chi connectivity index (χ2v) is 8.68. The zero-order valence-electron chi connectivity index (χ0n) is 15.0. The van der Waals surface area contributed by atoms with Gasteiger partial charge in [-0.25, -0.2) is 13.1 Å². The largest absolute Gasteiger partial charge is 0.484 e. The molecule has 0 spiro atoms. The van der Waals surface area contributed by atoms with Crippen LogP contribution < -0.4 is 14.8 Å². The maximum absolute atomic E-state index is 12.1. The fourth-order valence-electron chi connectivity index (χ4n) is 2.74. The summed E-state index contributed by atoms with van der Waals surface area (Å²) in [5, 5.41) is 2.98. The van der Waals surface area contributed by atoms with Gasteiger partial charge < -0.3 is 10.1 Å². The number of rotatable bonds is 8. The molecule has 1 aliphatic rings. The highest BCUT2D eigenvalue weighted by Crippen LogP contribution is 2.18. The van der Waals surface area contributed by atoms with Crippen molar-refractivity contribution in [1.82, 2.24) is 10.0 Å². The molecule has 0 unspecified atom stereocenters. The molecule has 0 atom stereocenters. The molecule has 6 nitrogen and oxygen atoms in total. The van der Waals surface area contributed by atoms with Crippen LogP contribution in [0.25, 0.3) is 0 Å². The highest BCUT2D eigenvalue weighted by molar-refractivity contribution is 7.89. The van der Waals surface area contributed by atoms with Crippen molar-refractivity contribution in [2.75, 3.05) is 13.2 Å². The lowest BCUT2D eigenvalue weighted by Gasteiger charge is -2.22. The molecule has 1 aliphatic carbocycles. The van der Waals surface area contributed by atoms with Gasteiger partial charge in [-0.3, -0.25) is 4.79 Å². The highest BCUT2D eigenvalue weighted by Gasteiger charge is 2.16. The topological polar surface area (TPSA) is 84.5 Å². The van der Waals surface area contributed by atoms with E-state index in [1.807, 2.05) is 13.8 Å². The van der Waals surface area contributed by atoms with Crippen LogP contribution in [0.15, 0.2) is 29.2 Å². The Bertz CT molecular complexity index is 650. The lowest BCUT2D eigenvalue weighted by atomic mass is 9.95. The van der Waals surface area contributed by atoms with Gasteiger partial charge in [-0.15, -0.1) is 0 Å². The summed E-state index contributed by atoms with van der Waals surface area (Å²) in [7, 11) is -3.51. The summed E-state index contributed by atoms with van der Waals surface area (Å²) >= 11 is 0. The van der Waals surface area contributed by atoms with Gasteiger partial charge in [0.2, 0.25) is 10.0 Å². The van der Waals surface area contributed by atoms with E-state index in [0.717, 1.165) is 25.7 Å². The number of benzene rings is 1. The molecule has 0 saturated heterocycles. The molecule has 2 N–H and O–H groups in total. The van der Waals surface area contributed by atoms with Crippen molar-refractivity contribution in [2.45, 2.75) is 56.9 Å². The van der Waals surface area contributed by atoms with Crippen molar-refractivity contribution in [3.63, 3.8) is 0 Å². The maximum Gasteiger partial charge on any atom is 0.258 e. The molecule has 0 radical (unpaired) electrons. The number of ether oxygens (including phenoxy) is 1. The highest BCUT2D eigenvalue weighted by atomic mass is 32.2. The fraction of sp³-hybridized carbons (Fsp3) is 0.611. The van der Waals surface area contributed by atoms with Crippen LogP contribution in [0.3, 0.4) is 0 Å². The van der Waals surface area contributed by atoms with Gasteiger partial charge >= 0.3 is 0 Å². The molecule has 1 aromatic rings. The molecule has 0 heterocycles. The quantitative estimate of drug-likeness (QED) is 0.738. The Morgan fingerprint density at radius 2 is 1.80 bits per heavy atom. The number of nitrogens with one attached hydrogen (secondary N) is 2. The van der Waals surface area contributed by atoms with Crippen molar-refractivity contribution in [1.29, 1.82) is 0 Å². The lowest BCUT2D eigenvalue weighted by molar-refractivity contribution is -0.124. The van der Waals surface area contributed by atoms with E-state index in [0.29, 0.717) is 12.3 Å². The molecular formula is C18H28N2O4S. The standard InChI is InChI=1S/C18H28N2O4S/c1-14(2)12-19-25(22,23)17-10-8-16(9-11-17)24-13-18(21)20-15-6-4-3-5-7-15/h8-11,14-15,19H,3-7,12-13H2,1-2H3,(H,20,21). The molecule has 1 aromatic carbocycles. The molecule has 1 amide bonds.